The smallest absolute Gasteiger partial charge is 0.313 e. The maximum Gasteiger partial charge on any atom is 0.313 e. The van der Waals surface area contributed by atoms with Crippen molar-refractivity contribution in [1.82, 2.24) is 10.6 Å². The van der Waals surface area contributed by atoms with Crippen molar-refractivity contribution < 1.29 is 19.5 Å². The van der Waals surface area contributed by atoms with Gasteiger partial charge in [0.2, 0.25) is 11.8 Å². The Kier molecular flexibility index (Phi) is 8.19. The maximum absolute atomic E-state index is 11.9. The lowest BCUT2D eigenvalue weighted by Gasteiger charge is -2.16. The van der Waals surface area contributed by atoms with Gasteiger partial charge in [-0.2, -0.15) is 0 Å². The van der Waals surface area contributed by atoms with Crippen LogP contribution in [0, 0.1) is 5.92 Å². The third-order valence-electron chi connectivity index (χ3n) is 3.40. The quantitative estimate of drug-likeness (QED) is 0.552. The molecule has 21 heavy (non-hydrogen) atoms. The SMILES string of the molecule is CC(CC(=O)NCCSCC(=O)O)NC(=O)C1CCCC1. The number of carboxylic acid groups (broad SMARTS) is 1. The third kappa shape index (κ3) is 7.94. The Hall–Kier alpha value is -1.24. The summed E-state index contributed by atoms with van der Waals surface area (Å²) in [7, 11) is 0. The summed E-state index contributed by atoms with van der Waals surface area (Å²) in [5.74, 6) is -0.183. The normalized spacial score (nSPS) is 16.4. The molecule has 0 radical (unpaired) electrons. The molecule has 1 rings (SSSR count). The summed E-state index contributed by atoms with van der Waals surface area (Å²) in [6, 6.07) is -0.176. The molecule has 0 aromatic carbocycles. The topological polar surface area (TPSA) is 95.5 Å². The van der Waals surface area contributed by atoms with E-state index in [2.05, 4.69) is 10.6 Å². The number of carboxylic acids is 1. The molecule has 120 valence electrons. The van der Waals surface area contributed by atoms with Gasteiger partial charge in [-0.1, -0.05) is 12.8 Å². The fourth-order valence-corrected chi connectivity index (χ4v) is 2.94. The standard InChI is InChI=1S/C14H24N2O4S/c1-10(16-14(20)11-4-2-3-5-11)8-12(17)15-6-7-21-9-13(18)19/h10-11H,2-9H2,1H3,(H,15,17)(H,16,20)(H,18,19). The van der Waals surface area contributed by atoms with Crippen LogP contribution in [0.4, 0.5) is 0 Å². The first-order chi connectivity index (χ1) is 9.99. The van der Waals surface area contributed by atoms with E-state index >= 15 is 0 Å². The molecule has 0 aromatic rings. The van der Waals surface area contributed by atoms with E-state index in [1.54, 1.807) is 0 Å². The van der Waals surface area contributed by atoms with Gasteiger partial charge >= 0.3 is 5.97 Å². The summed E-state index contributed by atoms with van der Waals surface area (Å²) >= 11 is 1.27. The van der Waals surface area contributed by atoms with Crippen LogP contribution in [0.25, 0.3) is 0 Å². The number of hydrogen-bond donors (Lipinski definition) is 3. The average molecular weight is 316 g/mol. The first-order valence-corrected chi connectivity index (χ1v) is 8.51. The van der Waals surface area contributed by atoms with Crippen LogP contribution in [-0.4, -0.2) is 47.0 Å². The van der Waals surface area contributed by atoms with Gasteiger partial charge in [-0.25, -0.2) is 0 Å². The zero-order chi connectivity index (χ0) is 15.7. The highest BCUT2D eigenvalue weighted by molar-refractivity contribution is 7.99. The monoisotopic (exact) mass is 316 g/mol. The zero-order valence-electron chi connectivity index (χ0n) is 12.4. The van der Waals surface area contributed by atoms with Crippen molar-refractivity contribution in [3.8, 4) is 0 Å². The molecule has 1 fully saturated rings. The Bertz CT molecular complexity index is 370. The summed E-state index contributed by atoms with van der Waals surface area (Å²) in [6.45, 7) is 2.27. The van der Waals surface area contributed by atoms with Crippen LogP contribution in [0.3, 0.4) is 0 Å². The van der Waals surface area contributed by atoms with Crippen LogP contribution < -0.4 is 10.6 Å². The number of aliphatic carboxylic acids is 1. The van der Waals surface area contributed by atoms with Gasteiger partial charge in [-0.05, 0) is 19.8 Å². The van der Waals surface area contributed by atoms with Gasteiger partial charge < -0.3 is 15.7 Å². The van der Waals surface area contributed by atoms with Crippen LogP contribution in [0.2, 0.25) is 0 Å². The van der Waals surface area contributed by atoms with E-state index in [0.29, 0.717) is 12.3 Å². The van der Waals surface area contributed by atoms with Crippen LogP contribution in [-0.2, 0) is 14.4 Å². The second-order valence-corrected chi connectivity index (χ2v) is 6.50. The Labute approximate surface area is 129 Å². The van der Waals surface area contributed by atoms with E-state index < -0.39 is 5.97 Å². The molecular weight excluding hydrogens is 292 g/mol. The van der Waals surface area contributed by atoms with Crippen molar-refractivity contribution in [3.63, 3.8) is 0 Å². The minimum absolute atomic E-state index is 0.0454. The third-order valence-corrected chi connectivity index (χ3v) is 4.34. The lowest BCUT2D eigenvalue weighted by molar-refractivity contribution is -0.134. The van der Waals surface area contributed by atoms with Gasteiger partial charge in [-0.15, -0.1) is 11.8 Å². The molecule has 0 bridgehead atoms. The summed E-state index contributed by atoms with van der Waals surface area (Å²) in [4.78, 5) is 33.9. The van der Waals surface area contributed by atoms with Gasteiger partial charge in [0.1, 0.15) is 0 Å². The zero-order valence-corrected chi connectivity index (χ0v) is 13.2. The van der Waals surface area contributed by atoms with E-state index in [-0.39, 0.29) is 35.9 Å². The molecule has 0 heterocycles. The minimum Gasteiger partial charge on any atom is -0.481 e. The molecule has 1 saturated carbocycles. The molecule has 7 heteroatoms. The number of amides is 2. The molecule has 2 amide bonds. The molecule has 6 nitrogen and oxygen atoms in total. The van der Waals surface area contributed by atoms with Gasteiger partial charge in [-0.3, -0.25) is 14.4 Å². The fourth-order valence-electron chi connectivity index (χ4n) is 2.37. The molecule has 3 N–H and O–H groups in total. The van der Waals surface area contributed by atoms with E-state index in [1.165, 1.54) is 11.8 Å². The average Bonchev–Trinajstić information content (AvgIpc) is 2.91. The molecule has 1 atom stereocenters. The predicted octanol–water partition coefficient (Wildman–Crippen LogP) is 1.01. The van der Waals surface area contributed by atoms with Crippen LogP contribution in [0.5, 0.6) is 0 Å². The maximum atomic E-state index is 11.9. The Morgan fingerprint density at radius 2 is 1.95 bits per heavy atom. The van der Waals surface area contributed by atoms with Gasteiger partial charge in [0.05, 0.1) is 5.75 Å². The molecule has 0 spiro atoms. The Morgan fingerprint density at radius 1 is 1.29 bits per heavy atom. The van der Waals surface area contributed by atoms with Crippen LogP contribution in [0.15, 0.2) is 0 Å². The number of nitrogens with one attached hydrogen (secondary N) is 2. The Balaban J connectivity index is 2.09. The molecule has 0 aromatic heterocycles. The first-order valence-electron chi connectivity index (χ1n) is 7.35. The predicted molar refractivity (Wildman–Crippen MR) is 82.2 cm³/mol. The molecule has 1 aliphatic rings. The number of carbonyl (C=O) groups excluding carboxylic acids is 2. The Morgan fingerprint density at radius 3 is 2.57 bits per heavy atom. The number of carbonyl (C=O) groups is 3. The molecule has 0 aliphatic heterocycles. The minimum atomic E-state index is -0.852. The van der Waals surface area contributed by atoms with Crippen LogP contribution >= 0.6 is 11.8 Å². The molecule has 1 unspecified atom stereocenters. The highest BCUT2D eigenvalue weighted by atomic mass is 32.2. The van der Waals surface area contributed by atoms with Gasteiger partial charge in [0.15, 0.2) is 0 Å². The highest BCUT2D eigenvalue weighted by Crippen LogP contribution is 2.24. The van der Waals surface area contributed by atoms with E-state index in [4.69, 9.17) is 5.11 Å². The largest absolute Gasteiger partial charge is 0.481 e. The second kappa shape index (κ2) is 9.65. The van der Waals surface area contributed by atoms with Crippen molar-refractivity contribution >= 4 is 29.5 Å². The van der Waals surface area contributed by atoms with Crippen LogP contribution in [0.1, 0.15) is 39.0 Å². The summed E-state index contributed by atoms with van der Waals surface area (Å²) < 4.78 is 0. The lowest BCUT2D eigenvalue weighted by atomic mass is 10.1. The van der Waals surface area contributed by atoms with E-state index in [9.17, 15) is 14.4 Å². The number of hydrogen-bond acceptors (Lipinski definition) is 4. The highest BCUT2D eigenvalue weighted by Gasteiger charge is 2.24. The second-order valence-electron chi connectivity index (χ2n) is 5.39. The van der Waals surface area contributed by atoms with Gasteiger partial charge in [0, 0.05) is 30.7 Å². The fraction of sp³-hybridized carbons (Fsp3) is 0.786. The number of rotatable bonds is 9. The molecule has 1 aliphatic carbocycles. The summed E-state index contributed by atoms with van der Waals surface area (Å²) in [5, 5.41) is 14.1. The number of thioether (sulfide) groups is 1. The molecular formula is C14H24N2O4S. The lowest BCUT2D eigenvalue weighted by Crippen LogP contribution is -2.40. The van der Waals surface area contributed by atoms with Crippen molar-refractivity contribution in [1.29, 1.82) is 0 Å². The summed E-state index contributed by atoms with van der Waals surface area (Å²) in [6.07, 6.45) is 4.38. The van der Waals surface area contributed by atoms with Gasteiger partial charge in [0.25, 0.3) is 0 Å². The van der Waals surface area contributed by atoms with Crippen molar-refractivity contribution in [2.45, 2.75) is 45.1 Å². The van der Waals surface area contributed by atoms with E-state index in [0.717, 1.165) is 25.7 Å². The first kappa shape index (κ1) is 17.8. The van der Waals surface area contributed by atoms with Crippen molar-refractivity contribution in [3.05, 3.63) is 0 Å². The summed E-state index contributed by atoms with van der Waals surface area (Å²) in [5.41, 5.74) is 0. The van der Waals surface area contributed by atoms with E-state index in [1.807, 2.05) is 6.92 Å². The van der Waals surface area contributed by atoms with Crippen molar-refractivity contribution in [2.24, 2.45) is 5.92 Å². The van der Waals surface area contributed by atoms with Crippen molar-refractivity contribution in [2.75, 3.05) is 18.1 Å². The molecule has 0 saturated heterocycles.